The van der Waals surface area contributed by atoms with Gasteiger partial charge < -0.3 is 15.0 Å². The van der Waals surface area contributed by atoms with Crippen LogP contribution in [0.1, 0.15) is 12.0 Å². The summed E-state index contributed by atoms with van der Waals surface area (Å²) in [5.74, 6) is 0.986. The first-order chi connectivity index (χ1) is 12.7. The van der Waals surface area contributed by atoms with Crippen molar-refractivity contribution in [3.05, 3.63) is 54.1 Å². The Balaban J connectivity index is 1.44. The molecule has 0 saturated carbocycles. The van der Waals surface area contributed by atoms with Crippen LogP contribution >= 0.6 is 0 Å². The molecule has 5 heteroatoms. The third-order valence-corrected chi connectivity index (χ3v) is 4.79. The first-order valence-corrected chi connectivity index (χ1v) is 9.12. The lowest BCUT2D eigenvalue weighted by atomic mass is 10.2. The molecule has 0 aromatic heterocycles. The molecular weight excluding hydrogens is 326 g/mol. The van der Waals surface area contributed by atoms with Crippen molar-refractivity contribution < 1.29 is 9.53 Å². The van der Waals surface area contributed by atoms with Crippen LogP contribution in [0.4, 0.5) is 11.4 Å². The van der Waals surface area contributed by atoms with Gasteiger partial charge >= 0.3 is 0 Å². The fourth-order valence-corrected chi connectivity index (χ4v) is 3.22. The number of carbonyl (C=O) groups excluding carboxylic acids is 1. The zero-order valence-corrected chi connectivity index (χ0v) is 15.6. The summed E-state index contributed by atoms with van der Waals surface area (Å²) in [6, 6.07) is 16.0. The van der Waals surface area contributed by atoms with E-state index in [0.29, 0.717) is 6.42 Å². The minimum absolute atomic E-state index is 0.0704. The van der Waals surface area contributed by atoms with Gasteiger partial charge in [0.1, 0.15) is 5.75 Å². The van der Waals surface area contributed by atoms with Crippen LogP contribution < -0.4 is 15.0 Å². The third-order valence-electron chi connectivity index (χ3n) is 4.79. The van der Waals surface area contributed by atoms with Crippen LogP contribution in [-0.4, -0.2) is 50.6 Å². The molecule has 1 heterocycles. The Morgan fingerprint density at radius 3 is 2.42 bits per heavy atom. The molecule has 0 unspecified atom stereocenters. The van der Waals surface area contributed by atoms with Gasteiger partial charge in [0, 0.05) is 44.8 Å². The van der Waals surface area contributed by atoms with Crippen molar-refractivity contribution in [2.75, 3.05) is 50.1 Å². The summed E-state index contributed by atoms with van der Waals surface area (Å²) in [7, 11) is 1.71. The summed E-state index contributed by atoms with van der Waals surface area (Å²) in [5.41, 5.74) is 3.20. The minimum atomic E-state index is 0.0704. The van der Waals surface area contributed by atoms with E-state index in [1.165, 1.54) is 5.56 Å². The van der Waals surface area contributed by atoms with Crippen molar-refractivity contribution in [3.8, 4) is 5.75 Å². The lowest BCUT2D eigenvalue weighted by Crippen LogP contribution is -2.47. The molecule has 0 atom stereocenters. The maximum atomic E-state index is 12.1. The average Bonchev–Trinajstić information content (AvgIpc) is 2.68. The van der Waals surface area contributed by atoms with Crippen LogP contribution in [0.15, 0.2) is 48.5 Å². The van der Waals surface area contributed by atoms with E-state index in [1.54, 1.807) is 7.11 Å². The quantitative estimate of drug-likeness (QED) is 0.866. The molecule has 26 heavy (non-hydrogen) atoms. The van der Waals surface area contributed by atoms with E-state index in [1.807, 2.05) is 49.4 Å². The predicted molar refractivity (Wildman–Crippen MR) is 106 cm³/mol. The number of hydrogen-bond acceptors (Lipinski definition) is 4. The van der Waals surface area contributed by atoms with Gasteiger partial charge in [-0.15, -0.1) is 0 Å². The number of rotatable bonds is 6. The van der Waals surface area contributed by atoms with Gasteiger partial charge in [-0.2, -0.15) is 0 Å². The van der Waals surface area contributed by atoms with E-state index in [9.17, 15) is 4.79 Å². The number of methoxy groups -OCH3 is 1. The summed E-state index contributed by atoms with van der Waals surface area (Å²) in [4.78, 5) is 16.8. The second-order valence-electron chi connectivity index (χ2n) is 6.66. The summed E-state index contributed by atoms with van der Waals surface area (Å²) >= 11 is 0. The highest BCUT2D eigenvalue weighted by Crippen LogP contribution is 2.28. The molecule has 2 aromatic carbocycles. The van der Waals surface area contributed by atoms with E-state index in [4.69, 9.17) is 4.74 Å². The molecule has 0 aliphatic carbocycles. The number of ether oxygens (including phenoxy) is 1. The van der Waals surface area contributed by atoms with E-state index < -0.39 is 0 Å². The maximum Gasteiger partial charge on any atom is 0.225 e. The largest absolute Gasteiger partial charge is 0.495 e. The molecule has 5 nitrogen and oxygen atoms in total. The zero-order valence-electron chi connectivity index (χ0n) is 15.6. The minimum Gasteiger partial charge on any atom is -0.495 e. The van der Waals surface area contributed by atoms with Gasteiger partial charge in [0.05, 0.1) is 12.8 Å². The van der Waals surface area contributed by atoms with Crippen LogP contribution in [0, 0.1) is 6.92 Å². The third kappa shape index (κ3) is 4.76. The molecule has 2 aromatic rings. The average molecular weight is 353 g/mol. The molecule has 138 valence electrons. The summed E-state index contributed by atoms with van der Waals surface area (Å²) in [5, 5.41) is 2.97. The van der Waals surface area contributed by atoms with E-state index in [2.05, 4.69) is 21.2 Å². The Kier molecular flexibility index (Phi) is 6.12. The molecule has 3 rings (SSSR count). The predicted octanol–water partition coefficient (Wildman–Crippen LogP) is 3.15. The van der Waals surface area contributed by atoms with E-state index in [-0.39, 0.29) is 5.91 Å². The second-order valence-corrected chi connectivity index (χ2v) is 6.66. The zero-order chi connectivity index (χ0) is 18.4. The lowest BCUT2D eigenvalue weighted by Gasteiger charge is -2.36. The van der Waals surface area contributed by atoms with Gasteiger partial charge in [0.25, 0.3) is 0 Å². The Morgan fingerprint density at radius 2 is 1.73 bits per heavy atom. The first-order valence-electron chi connectivity index (χ1n) is 9.12. The summed E-state index contributed by atoms with van der Waals surface area (Å²) < 4.78 is 5.46. The fourth-order valence-electron chi connectivity index (χ4n) is 3.22. The Hall–Kier alpha value is -2.53. The highest BCUT2D eigenvalue weighted by molar-refractivity contribution is 5.90. The molecule has 0 radical (unpaired) electrons. The number of aryl methyl sites for hydroxylation is 1. The molecule has 0 bridgehead atoms. The van der Waals surface area contributed by atoms with E-state index in [0.717, 1.165) is 49.8 Å². The van der Waals surface area contributed by atoms with Gasteiger partial charge in [-0.3, -0.25) is 9.69 Å². The highest BCUT2D eigenvalue weighted by Gasteiger charge is 2.19. The molecule has 1 N–H and O–H groups in total. The topological polar surface area (TPSA) is 44.8 Å². The number of anilines is 2. The Labute approximate surface area is 155 Å². The van der Waals surface area contributed by atoms with Gasteiger partial charge in [0.2, 0.25) is 5.91 Å². The molecule has 0 spiro atoms. The van der Waals surface area contributed by atoms with Crippen LogP contribution in [0.2, 0.25) is 0 Å². The Morgan fingerprint density at radius 1 is 1.04 bits per heavy atom. The molecular formula is C21H27N3O2. The van der Waals surface area contributed by atoms with Crippen molar-refractivity contribution in [2.45, 2.75) is 13.3 Å². The summed E-state index contributed by atoms with van der Waals surface area (Å²) in [6.07, 6.45) is 0.516. The van der Waals surface area contributed by atoms with Crippen molar-refractivity contribution in [2.24, 2.45) is 0 Å². The fraction of sp³-hybridized carbons (Fsp3) is 0.381. The number of para-hydroxylation sites is 2. The van der Waals surface area contributed by atoms with Gasteiger partial charge in [0.15, 0.2) is 0 Å². The van der Waals surface area contributed by atoms with Crippen molar-refractivity contribution in [1.29, 1.82) is 0 Å². The second kappa shape index (κ2) is 8.72. The van der Waals surface area contributed by atoms with Crippen LogP contribution in [0.25, 0.3) is 0 Å². The lowest BCUT2D eigenvalue weighted by molar-refractivity contribution is -0.116. The number of hydrogen-bond donors (Lipinski definition) is 1. The molecule has 1 aliphatic rings. The molecule has 1 fully saturated rings. The Bertz CT molecular complexity index is 722. The van der Waals surface area contributed by atoms with Crippen LogP contribution in [-0.2, 0) is 4.79 Å². The van der Waals surface area contributed by atoms with Crippen molar-refractivity contribution in [1.82, 2.24) is 4.90 Å². The van der Waals surface area contributed by atoms with E-state index >= 15 is 0 Å². The molecule has 1 saturated heterocycles. The van der Waals surface area contributed by atoms with Crippen LogP contribution in [0.3, 0.4) is 0 Å². The maximum absolute atomic E-state index is 12.1. The molecule has 1 amide bonds. The smallest absolute Gasteiger partial charge is 0.225 e. The normalized spacial score (nSPS) is 14.9. The SMILES string of the molecule is COc1ccccc1N1CCN(CCC(=O)Nc2ccc(C)cc2)CC1. The van der Waals surface area contributed by atoms with Gasteiger partial charge in [-0.05, 0) is 31.2 Å². The van der Waals surface area contributed by atoms with Crippen LogP contribution in [0.5, 0.6) is 5.75 Å². The van der Waals surface area contributed by atoms with Gasteiger partial charge in [-0.25, -0.2) is 0 Å². The van der Waals surface area contributed by atoms with Gasteiger partial charge in [-0.1, -0.05) is 29.8 Å². The standard InChI is InChI=1S/C21H27N3O2/c1-17-7-9-18(10-8-17)22-21(25)11-12-23-13-15-24(16-14-23)19-5-3-4-6-20(19)26-2/h3-10H,11-16H2,1-2H3,(H,22,25). The molecule has 1 aliphatic heterocycles. The first kappa shape index (κ1) is 18.3. The number of piperazine rings is 1. The van der Waals surface area contributed by atoms with Crippen molar-refractivity contribution in [3.63, 3.8) is 0 Å². The number of benzene rings is 2. The summed E-state index contributed by atoms with van der Waals surface area (Å²) in [6.45, 7) is 6.62. The number of amides is 1. The number of nitrogens with zero attached hydrogens (tertiary/aromatic N) is 2. The number of nitrogens with one attached hydrogen (secondary N) is 1. The monoisotopic (exact) mass is 353 g/mol. The highest BCUT2D eigenvalue weighted by atomic mass is 16.5. The number of carbonyl (C=O) groups is 1. The van der Waals surface area contributed by atoms with Crippen molar-refractivity contribution >= 4 is 17.3 Å².